The fourth-order valence-electron chi connectivity index (χ4n) is 3.66. The summed E-state index contributed by atoms with van der Waals surface area (Å²) < 4.78 is 14.8. The van der Waals surface area contributed by atoms with Crippen LogP contribution in [0.3, 0.4) is 0 Å². The van der Waals surface area contributed by atoms with Gasteiger partial charge in [-0.15, -0.1) is 11.8 Å². The number of nitrogens with one attached hydrogen (secondary N) is 1. The quantitative estimate of drug-likeness (QED) is 0.504. The number of anilines is 1. The van der Waals surface area contributed by atoms with Crippen LogP contribution in [0.2, 0.25) is 0 Å². The van der Waals surface area contributed by atoms with Gasteiger partial charge >= 0.3 is 0 Å². The lowest BCUT2D eigenvalue weighted by molar-refractivity contribution is -0.180. The molecular weight excluding hydrogens is 410 g/mol. The van der Waals surface area contributed by atoms with E-state index in [1.807, 2.05) is 41.1 Å². The van der Waals surface area contributed by atoms with Gasteiger partial charge in [-0.3, -0.25) is 4.79 Å². The standard InChI is InChI=1S/C24H27N3O3S/c1-19(28)26-21-7-9-23(10-8-21)31-16-22-15-29-24(30-22,17-27-14-13-25-18-27)12-11-20-5-3-2-4-6-20/h2-10,13-14,18,22H,11-12,15-17H2,1H3,(H,26,28). The molecule has 1 N–H and O–H groups in total. The summed E-state index contributed by atoms with van der Waals surface area (Å²) in [5.41, 5.74) is 2.08. The second-order valence-electron chi connectivity index (χ2n) is 7.70. The number of carbonyl (C=O) groups is 1. The Labute approximate surface area is 187 Å². The molecule has 3 aromatic rings. The van der Waals surface area contributed by atoms with E-state index in [9.17, 15) is 4.79 Å². The number of amides is 1. The number of aromatic nitrogens is 2. The molecule has 0 aliphatic carbocycles. The van der Waals surface area contributed by atoms with Crippen LogP contribution in [0.1, 0.15) is 18.9 Å². The van der Waals surface area contributed by atoms with E-state index in [0.717, 1.165) is 29.2 Å². The molecule has 1 saturated heterocycles. The highest BCUT2D eigenvalue weighted by molar-refractivity contribution is 7.99. The summed E-state index contributed by atoms with van der Waals surface area (Å²) in [6.45, 7) is 2.70. The molecule has 1 aliphatic heterocycles. The van der Waals surface area contributed by atoms with E-state index in [2.05, 4.69) is 34.6 Å². The fourth-order valence-corrected chi connectivity index (χ4v) is 4.53. The van der Waals surface area contributed by atoms with Crippen molar-refractivity contribution in [1.82, 2.24) is 9.55 Å². The van der Waals surface area contributed by atoms with Crippen molar-refractivity contribution in [2.24, 2.45) is 0 Å². The van der Waals surface area contributed by atoms with Gasteiger partial charge in [0.25, 0.3) is 0 Å². The maximum Gasteiger partial charge on any atom is 0.221 e. The molecule has 2 aromatic carbocycles. The van der Waals surface area contributed by atoms with Gasteiger partial charge in [-0.05, 0) is 36.2 Å². The lowest BCUT2D eigenvalue weighted by Crippen LogP contribution is -2.37. The highest BCUT2D eigenvalue weighted by Gasteiger charge is 2.41. The van der Waals surface area contributed by atoms with Crippen LogP contribution in [0.15, 0.2) is 78.2 Å². The van der Waals surface area contributed by atoms with E-state index >= 15 is 0 Å². The van der Waals surface area contributed by atoms with E-state index < -0.39 is 5.79 Å². The summed E-state index contributed by atoms with van der Waals surface area (Å²) in [7, 11) is 0. The van der Waals surface area contributed by atoms with Crippen molar-refractivity contribution in [2.45, 2.75) is 43.1 Å². The van der Waals surface area contributed by atoms with E-state index in [1.165, 1.54) is 12.5 Å². The first-order valence-electron chi connectivity index (χ1n) is 10.4. The van der Waals surface area contributed by atoms with Crippen LogP contribution in [0.5, 0.6) is 0 Å². The van der Waals surface area contributed by atoms with E-state index in [4.69, 9.17) is 9.47 Å². The highest BCUT2D eigenvalue weighted by Crippen LogP contribution is 2.33. The molecule has 0 spiro atoms. The van der Waals surface area contributed by atoms with E-state index in [0.29, 0.717) is 13.2 Å². The first kappa shape index (κ1) is 21.6. The minimum Gasteiger partial charge on any atom is -0.345 e. The van der Waals surface area contributed by atoms with Crippen molar-refractivity contribution >= 4 is 23.4 Å². The number of rotatable bonds is 9. The Kier molecular flexibility index (Phi) is 7.06. The number of ether oxygens (including phenoxy) is 2. The number of benzene rings is 2. The van der Waals surface area contributed by atoms with Crippen LogP contribution in [0.25, 0.3) is 0 Å². The zero-order valence-corrected chi connectivity index (χ0v) is 18.4. The molecular formula is C24H27N3O3S. The molecule has 162 valence electrons. The molecule has 0 bridgehead atoms. The summed E-state index contributed by atoms with van der Waals surface area (Å²) in [6, 6.07) is 18.3. The van der Waals surface area contributed by atoms with Gasteiger partial charge in [-0.1, -0.05) is 30.3 Å². The number of imidazole rings is 1. The van der Waals surface area contributed by atoms with Crippen molar-refractivity contribution in [3.8, 4) is 0 Å². The molecule has 1 aliphatic rings. The van der Waals surface area contributed by atoms with Crippen LogP contribution in [0, 0.1) is 0 Å². The second kappa shape index (κ2) is 10.1. The molecule has 1 amide bonds. The maximum absolute atomic E-state index is 11.2. The maximum atomic E-state index is 11.2. The Hall–Kier alpha value is -2.61. The second-order valence-corrected chi connectivity index (χ2v) is 8.79. The van der Waals surface area contributed by atoms with Gasteiger partial charge in [0.05, 0.1) is 25.6 Å². The molecule has 31 heavy (non-hydrogen) atoms. The Bertz CT molecular complexity index is 964. The Morgan fingerprint density at radius 3 is 2.74 bits per heavy atom. The van der Waals surface area contributed by atoms with Crippen LogP contribution >= 0.6 is 11.8 Å². The number of hydrogen-bond donors (Lipinski definition) is 1. The Morgan fingerprint density at radius 1 is 1.23 bits per heavy atom. The van der Waals surface area contributed by atoms with Crippen molar-refractivity contribution in [1.29, 1.82) is 0 Å². The molecule has 2 heterocycles. The minimum absolute atomic E-state index is 0.0133. The molecule has 6 nitrogen and oxygen atoms in total. The summed E-state index contributed by atoms with van der Waals surface area (Å²) in [5.74, 6) is 0.0784. The van der Waals surface area contributed by atoms with Gasteiger partial charge in [0.15, 0.2) is 5.79 Å². The predicted octanol–water partition coefficient (Wildman–Crippen LogP) is 4.38. The van der Waals surface area contributed by atoms with Gasteiger partial charge in [-0.2, -0.15) is 0 Å². The molecule has 2 atom stereocenters. The number of thioether (sulfide) groups is 1. The first-order chi connectivity index (χ1) is 15.1. The molecule has 1 fully saturated rings. The third-order valence-corrected chi connectivity index (χ3v) is 6.29. The van der Waals surface area contributed by atoms with Crippen molar-refractivity contribution in [2.75, 3.05) is 17.7 Å². The average Bonchev–Trinajstić information content (AvgIpc) is 3.43. The summed E-state index contributed by atoms with van der Waals surface area (Å²) in [6.07, 6.45) is 7.20. The van der Waals surface area contributed by atoms with Gasteiger partial charge < -0.3 is 19.4 Å². The van der Waals surface area contributed by atoms with Gasteiger partial charge in [-0.25, -0.2) is 4.98 Å². The average molecular weight is 438 g/mol. The third-order valence-electron chi connectivity index (χ3n) is 5.14. The largest absolute Gasteiger partial charge is 0.345 e. The summed E-state index contributed by atoms with van der Waals surface area (Å²) in [4.78, 5) is 16.5. The molecule has 2 unspecified atom stereocenters. The molecule has 0 radical (unpaired) electrons. The Balaban J connectivity index is 1.36. The molecule has 1 aromatic heterocycles. The molecule has 4 rings (SSSR count). The SMILES string of the molecule is CC(=O)Nc1ccc(SCC2COC(CCc3ccccc3)(Cn3ccnc3)O2)cc1. The van der Waals surface area contributed by atoms with Crippen molar-refractivity contribution in [3.63, 3.8) is 0 Å². The topological polar surface area (TPSA) is 65.4 Å². The summed E-state index contributed by atoms with van der Waals surface area (Å²) >= 11 is 1.73. The number of carbonyl (C=O) groups excluding carboxylic acids is 1. The normalized spacial score (nSPS) is 20.6. The number of hydrogen-bond acceptors (Lipinski definition) is 5. The predicted molar refractivity (Wildman–Crippen MR) is 122 cm³/mol. The highest BCUT2D eigenvalue weighted by atomic mass is 32.2. The van der Waals surface area contributed by atoms with Crippen LogP contribution < -0.4 is 5.32 Å². The van der Waals surface area contributed by atoms with Crippen molar-refractivity contribution < 1.29 is 14.3 Å². The van der Waals surface area contributed by atoms with E-state index in [-0.39, 0.29) is 12.0 Å². The van der Waals surface area contributed by atoms with E-state index in [1.54, 1.807) is 24.3 Å². The zero-order valence-electron chi connectivity index (χ0n) is 17.6. The lowest BCUT2D eigenvalue weighted by atomic mass is 10.0. The van der Waals surface area contributed by atoms with Crippen LogP contribution in [-0.2, 0) is 27.2 Å². The van der Waals surface area contributed by atoms with Gasteiger partial charge in [0.2, 0.25) is 5.91 Å². The lowest BCUT2D eigenvalue weighted by Gasteiger charge is -2.28. The third kappa shape index (κ3) is 6.19. The number of nitrogens with zero attached hydrogens (tertiary/aromatic N) is 2. The molecule has 0 saturated carbocycles. The fraction of sp³-hybridized carbons (Fsp3) is 0.333. The van der Waals surface area contributed by atoms with Crippen LogP contribution in [-0.4, -0.2) is 39.7 Å². The molecule has 7 heteroatoms. The van der Waals surface area contributed by atoms with Gasteiger partial charge in [0.1, 0.15) is 0 Å². The minimum atomic E-state index is -0.656. The van der Waals surface area contributed by atoms with Crippen LogP contribution in [0.4, 0.5) is 5.69 Å². The van der Waals surface area contributed by atoms with Gasteiger partial charge in [0, 0.05) is 42.1 Å². The van der Waals surface area contributed by atoms with Crippen molar-refractivity contribution in [3.05, 3.63) is 78.9 Å². The zero-order chi connectivity index (χ0) is 21.5. The Morgan fingerprint density at radius 2 is 2.03 bits per heavy atom. The smallest absolute Gasteiger partial charge is 0.221 e. The number of aryl methyl sites for hydroxylation is 1. The first-order valence-corrected chi connectivity index (χ1v) is 11.4. The monoisotopic (exact) mass is 437 g/mol. The summed E-state index contributed by atoms with van der Waals surface area (Å²) in [5, 5.41) is 2.79.